The average molecular weight is 707 g/mol. The van der Waals surface area contributed by atoms with Crippen molar-refractivity contribution in [3.63, 3.8) is 0 Å². The van der Waals surface area contributed by atoms with E-state index in [-0.39, 0.29) is 11.1 Å². The number of rotatable bonds is 32. The Hall–Kier alpha value is -2.90. The fraction of sp³-hybridized carbons (Fsp3) is 0.762. The minimum absolute atomic E-state index is 0.190. The van der Waals surface area contributed by atoms with Crippen molar-refractivity contribution in [1.29, 1.82) is 0 Å². The number of unbranched alkanes of at least 4 members (excludes halogenated alkanes) is 26. The smallest absolute Gasteiger partial charge is 0.336 e. The predicted octanol–water partition coefficient (Wildman–Crippen LogP) is 13.0. The Morgan fingerprint density at radius 2 is 0.560 bits per heavy atom. The van der Waals surface area contributed by atoms with Gasteiger partial charge in [0, 0.05) is 12.8 Å². The molecule has 0 spiro atoms. The third-order valence-electron chi connectivity index (χ3n) is 8.88. The summed E-state index contributed by atoms with van der Waals surface area (Å²) in [4.78, 5) is 41.6. The highest BCUT2D eigenvalue weighted by Gasteiger charge is 2.13. The first kappa shape index (κ1) is 49.2. The maximum atomic E-state index is 10.5. The van der Waals surface area contributed by atoms with Crippen molar-refractivity contribution in [2.75, 3.05) is 0 Å². The fourth-order valence-corrected chi connectivity index (χ4v) is 5.80. The van der Waals surface area contributed by atoms with E-state index >= 15 is 0 Å². The van der Waals surface area contributed by atoms with Gasteiger partial charge in [0.25, 0.3) is 0 Å². The largest absolute Gasteiger partial charge is 0.481 e. The van der Waals surface area contributed by atoms with Gasteiger partial charge in [0.05, 0.1) is 11.1 Å². The van der Waals surface area contributed by atoms with Crippen molar-refractivity contribution in [1.82, 2.24) is 0 Å². The zero-order valence-electron chi connectivity index (χ0n) is 31.9. The van der Waals surface area contributed by atoms with Crippen LogP contribution in [-0.4, -0.2) is 44.3 Å². The maximum absolute atomic E-state index is 10.5. The highest BCUT2D eigenvalue weighted by Crippen LogP contribution is 2.15. The minimum atomic E-state index is -1.23. The van der Waals surface area contributed by atoms with Crippen LogP contribution in [0.25, 0.3) is 0 Å². The second kappa shape index (κ2) is 38.9. The van der Waals surface area contributed by atoms with E-state index in [2.05, 4.69) is 13.8 Å². The van der Waals surface area contributed by atoms with E-state index in [1.807, 2.05) is 0 Å². The number of carboxylic acid groups (broad SMARTS) is 4. The van der Waals surface area contributed by atoms with Crippen LogP contribution < -0.4 is 0 Å². The number of aromatic carboxylic acids is 2. The second-order valence-electron chi connectivity index (χ2n) is 13.6. The van der Waals surface area contributed by atoms with Crippen LogP contribution in [0.1, 0.15) is 227 Å². The number of hydrogen-bond donors (Lipinski definition) is 4. The topological polar surface area (TPSA) is 149 Å². The van der Waals surface area contributed by atoms with Gasteiger partial charge in [-0.2, -0.15) is 0 Å². The number of benzene rings is 1. The van der Waals surface area contributed by atoms with E-state index in [0.717, 1.165) is 25.7 Å². The van der Waals surface area contributed by atoms with Crippen molar-refractivity contribution < 1.29 is 39.6 Å². The molecule has 1 rings (SSSR count). The molecule has 0 atom stereocenters. The van der Waals surface area contributed by atoms with Gasteiger partial charge >= 0.3 is 23.9 Å². The number of carboxylic acids is 4. The van der Waals surface area contributed by atoms with Gasteiger partial charge in [0.15, 0.2) is 0 Å². The Kier molecular flexibility index (Phi) is 38.3. The van der Waals surface area contributed by atoms with Crippen LogP contribution in [0.3, 0.4) is 0 Å². The Labute approximate surface area is 304 Å². The molecule has 0 aliphatic heterocycles. The van der Waals surface area contributed by atoms with Crippen LogP contribution in [0.2, 0.25) is 0 Å². The highest BCUT2D eigenvalue weighted by atomic mass is 16.4. The van der Waals surface area contributed by atoms with E-state index < -0.39 is 23.9 Å². The van der Waals surface area contributed by atoms with Gasteiger partial charge in [-0.05, 0) is 25.0 Å². The van der Waals surface area contributed by atoms with Crippen LogP contribution >= 0.6 is 0 Å². The van der Waals surface area contributed by atoms with E-state index in [1.54, 1.807) is 0 Å². The molecule has 0 heterocycles. The van der Waals surface area contributed by atoms with Crippen LogP contribution in [0.4, 0.5) is 0 Å². The van der Waals surface area contributed by atoms with Gasteiger partial charge in [-0.3, -0.25) is 9.59 Å². The summed E-state index contributed by atoms with van der Waals surface area (Å²) in [6.07, 6.45) is 37.5. The van der Waals surface area contributed by atoms with Crippen LogP contribution in [0, 0.1) is 0 Å². The molecule has 0 amide bonds. The minimum Gasteiger partial charge on any atom is -0.481 e. The van der Waals surface area contributed by atoms with E-state index in [1.165, 1.54) is 178 Å². The molecule has 1 aromatic rings. The summed E-state index contributed by atoms with van der Waals surface area (Å²) in [6, 6.07) is 5.48. The summed E-state index contributed by atoms with van der Waals surface area (Å²) < 4.78 is 0. The lowest BCUT2D eigenvalue weighted by molar-refractivity contribution is -0.138. The van der Waals surface area contributed by atoms with Gasteiger partial charge in [-0.25, -0.2) is 9.59 Å². The summed E-state index contributed by atoms with van der Waals surface area (Å²) in [7, 11) is 0. The third kappa shape index (κ3) is 37.9. The molecular formula is C42H74O8. The molecule has 0 radical (unpaired) electrons. The van der Waals surface area contributed by atoms with E-state index in [4.69, 9.17) is 20.4 Å². The van der Waals surface area contributed by atoms with Crippen molar-refractivity contribution >= 4 is 23.9 Å². The van der Waals surface area contributed by atoms with Gasteiger partial charge in [0.2, 0.25) is 0 Å². The molecule has 0 aliphatic carbocycles. The van der Waals surface area contributed by atoms with E-state index in [9.17, 15) is 19.2 Å². The lowest BCUT2D eigenvalue weighted by atomic mass is 10.0. The Balaban J connectivity index is 0. The normalized spacial score (nSPS) is 10.4. The molecule has 290 valence electrons. The zero-order valence-corrected chi connectivity index (χ0v) is 31.9. The number of aliphatic carboxylic acids is 2. The molecule has 4 N–H and O–H groups in total. The van der Waals surface area contributed by atoms with Gasteiger partial charge in [0.1, 0.15) is 0 Å². The molecular weight excluding hydrogens is 632 g/mol. The molecule has 0 fully saturated rings. The first-order valence-corrected chi connectivity index (χ1v) is 20.2. The average Bonchev–Trinajstić information content (AvgIpc) is 3.09. The molecule has 0 aromatic heterocycles. The van der Waals surface area contributed by atoms with Crippen LogP contribution in [-0.2, 0) is 9.59 Å². The number of carbonyl (C=O) groups is 4. The standard InChI is InChI=1S/C18H36O2.C16H32O2.C8H6O4/c1-2-3-4-5-6-7-8-9-10-11-12-13-14-15-16-17-18(19)20;1-2-3-4-5-6-7-8-9-10-11-12-13-14-15-16(17)18;9-7(10)5-3-1-2-4-6(5)8(11)12/h2-17H2,1H3,(H,19,20);2-15H2,1H3,(H,17,18);1-4H,(H,9,10)(H,11,12). The molecule has 1 aromatic carbocycles. The summed E-state index contributed by atoms with van der Waals surface area (Å²) in [5, 5.41) is 34.1. The Morgan fingerprint density at radius 3 is 0.740 bits per heavy atom. The molecule has 50 heavy (non-hydrogen) atoms. The monoisotopic (exact) mass is 707 g/mol. The van der Waals surface area contributed by atoms with Crippen molar-refractivity contribution in [2.45, 2.75) is 206 Å². The zero-order chi connectivity index (χ0) is 37.5. The molecule has 0 saturated carbocycles. The molecule has 8 heteroatoms. The van der Waals surface area contributed by atoms with Gasteiger partial charge < -0.3 is 20.4 Å². The Bertz CT molecular complexity index is 912. The van der Waals surface area contributed by atoms with E-state index in [0.29, 0.717) is 12.8 Å². The van der Waals surface area contributed by atoms with Crippen molar-refractivity contribution in [3.05, 3.63) is 35.4 Å². The SMILES string of the molecule is CCCCCCCCCCCCCCCC(=O)O.CCCCCCCCCCCCCCCCCC(=O)O.O=C(O)c1ccccc1C(=O)O. The molecule has 0 unspecified atom stereocenters. The summed E-state index contributed by atoms with van der Waals surface area (Å²) in [5.74, 6) is -3.77. The number of hydrogen-bond acceptors (Lipinski definition) is 4. The predicted molar refractivity (Wildman–Crippen MR) is 205 cm³/mol. The van der Waals surface area contributed by atoms with Crippen LogP contribution in [0.5, 0.6) is 0 Å². The second-order valence-corrected chi connectivity index (χ2v) is 13.6. The quantitative estimate of drug-likeness (QED) is 0.0541. The Morgan fingerprint density at radius 1 is 0.360 bits per heavy atom. The summed E-state index contributed by atoms with van der Waals surface area (Å²) in [5.41, 5.74) is -0.380. The highest BCUT2D eigenvalue weighted by molar-refractivity contribution is 6.01. The van der Waals surface area contributed by atoms with Gasteiger partial charge in [-0.15, -0.1) is 0 Å². The first-order chi connectivity index (χ1) is 24.2. The molecule has 0 saturated heterocycles. The summed E-state index contributed by atoms with van der Waals surface area (Å²) in [6.45, 7) is 4.53. The third-order valence-corrected chi connectivity index (χ3v) is 8.88. The molecule has 0 bridgehead atoms. The molecule has 0 aliphatic rings. The first-order valence-electron chi connectivity index (χ1n) is 20.2. The van der Waals surface area contributed by atoms with Crippen molar-refractivity contribution in [3.8, 4) is 0 Å². The lowest BCUT2D eigenvalue weighted by Gasteiger charge is -2.03. The summed E-state index contributed by atoms with van der Waals surface area (Å²) >= 11 is 0. The van der Waals surface area contributed by atoms with Crippen molar-refractivity contribution in [2.24, 2.45) is 0 Å². The maximum Gasteiger partial charge on any atom is 0.336 e. The molecule has 8 nitrogen and oxygen atoms in total. The van der Waals surface area contributed by atoms with Crippen LogP contribution in [0.15, 0.2) is 24.3 Å². The van der Waals surface area contributed by atoms with Gasteiger partial charge in [-0.1, -0.05) is 193 Å². The fourth-order valence-electron chi connectivity index (χ4n) is 5.80. The lowest BCUT2D eigenvalue weighted by Crippen LogP contribution is -2.06.